The minimum Gasteiger partial charge on any atom is -0.457 e. The van der Waals surface area contributed by atoms with Crippen LogP contribution in [0.4, 0.5) is 17.1 Å². The maximum atomic E-state index is 6.52. The molecular weight excluding hydrogens is 589 g/mol. The normalized spacial score (nSPS) is 13.3. The van der Waals surface area contributed by atoms with E-state index < -0.39 is 0 Å². The molecule has 1 aliphatic rings. The summed E-state index contributed by atoms with van der Waals surface area (Å²) in [5.74, 6) is 2.37. The molecule has 0 radical (unpaired) electrons. The molecule has 9 rings (SSSR count). The van der Waals surface area contributed by atoms with Crippen LogP contribution < -0.4 is 9.64 Å². The Balaban J connectivity index is 1.26. The van der Waals surface area contributed by atoms with Gasteiger partial charge in [0.25, 0.3) is 0 Å². The molecule has 0 N–H and O–H groups in total. The van der Waals surface area contributed by atoms with Gasteiger partial charge in [-0.25, -0.2) is 4.98 Å². The summed E-state index contributed by atoms with van der Waals surface area (Å²) >= 11 is 0. The van der Waals surface area contributed by atoms with Crippen molar-refractivity contribution in [3.05, 3.63) is 169 Å². The van der Waals surface area contributed by atoms with Crippen molar-refractivity contribution in [1.29, 1.82) is 0 Å². The Labute approximate surface area is 279 Å². The minimum absolute atomic E-state index is 0.232. The molecule has 0 fully saturated rings. The van der Waals surface area contributed by atoms with E-state index in [9.17, 15) is 0 Å². The third kappa shape index (κ3) is 4.47. The molecule has 48 heavy (non-hydrogen) atoms. The molecule has 0 saturated heterocycles. The fraction of sp³-hybridized carbons (Fsp3) is 0.0698. The van der Waals surface area contributed by atoms with Crippen LogP contribution in [0.3, 0.4) is 0 Å². The highest BCUT2D eigenvalue weighted by atomic mass is 16.5. The molecule has 0 amide bonds. The van der Waals surface area contributed by atoms with E-state index in [0.717, 1.165) is 56.1 Å². The van der Waals surface area contributed by atoms with Crippen LogP contribution in [0.2, 0.25) is 0 Å². The predicted molar refractivity (Wildman–Crippen MR) is 195 cm³/mol. The zero-order chi connectivity index (χ0) is 32.2. The highest BCUT2D eigenvalue weighted by Gasteiger charge is 2.37. The summed E-state index contributed by atoms with van der Waals surface area (Å²) in [6.07, 6.45) is 3.66. The van der Waals surface area contributed by atoms with Gasteiger partial charge < -0.3 is 9.64 Å². The van der Waals surface area contributed by atoms with Crippen molar-refractivity contribution in [2.24, 2.45) is 0 Å². The molecular formula is C43H32N4O. The standard InChI is InChI=1S/C43H32N4O/c1-43(2)35-17-6-7-19-38(35)46(30-14-4-3-5-15-30)41-27-34-33-22-21-32(48-31-16-12-13-29(25-31)37-18-8-10-23-44-37)26-39(33)47(40(34)28-36(41)43)42-20-9-11-24-45-42/h3-28H,1-2H3. The molecule has 8 aromatic rings. The molecule has 0 spiro atoms. The van der Waals surface area contributed by atoms with Gasteiger partial charge in [-0.15, -0.1) is 0 Å². The fourth-order valence-corrected chi connectivity index (χ4v) is 7.23. The van der Waals surface area contributed by atoms with Gasteiger partial charge in [0.2, 0.25) is 0 Å². The van der Waals surface area contributed by atoms with Crippen LogP contribution in [0, 0.1) is 0 Å². The number of nitrogens with zero attached hydrogens (tertiary/aromatic N) is 4. The molecule has 3 aromatic heterocycles. The number of ether oxygens (including phenoxy) is 1. The summed E-state index contributed by atoms with van der Waals surface area (Å²) in [6.45, 7) is 4.66. The highest BCUT2D eigenvalue weighted by Crippen LogP contribution is 2.53. The topological polar surface area (TPSA) is 43.2 Å². The largest absolute Gasteiger partial charge is 0.457 e. The van der Waals surface area contributed by atoms with E-state index in [-0.39, 0.29) is 5.41 Å². The maximum Gasteiger partial charge on any atom is 0.137 e. The van der Waals surface area contributed by atoms with Crippen LogP contribution in [0.15, 0.2) is 158 Å². The van der Waals surface area contributed by atoms with Crippen molar-refractivity contribution in [3.63, 3.8) is 0 Å². The molecule has 0 atom stereocenters. The van der Waals surface area contributed by atoms with E-state index >= 15 is 0 Å². The molecule has 5 nitrogen and oxygen atoms in total. The number of fused-ring (bicyclic) bond motifs is 5. The molecule has 0 bridgehead atoms. The highest BCUT2D eigenvalue weighted by molar-refractivity contribution is 6.12. The molecule has 0 saturated carbocycles. The van der Waals surface area contributed by atoms with Gasteiger partial charge in [-0.3, -0.25) is 9.55 Å². The number of anilines is 3. The van der Waals surface area contributed by atoms with E-state index in [4.69, 9.17) is 9.72 Å². The van der Waals surface area contributed by atoms with Gasteiger partial charge in [-0.1, -0.05) is 74.5 Å². The molecule has 0 unspecified atom stereocenters. The van der Waals surface area contributed by atoms with Gasteiger partial charge in [0.05, 0.1) is 28.1 Å². The molecule has 1 aliphatic heterocycles. The Kier molecular flexibility index (Phi) is 6.40. The fourth-order valence-electron chi connectivity index (χ4n) is 7.23. The summed E-state index contributed by atoms with van der Waals surface area (Å²) in [7, 11) is 0. The zero-order valence-corrected chi connectivity index (χ0v) is 26.7. The Hall–Kier alpha value is -6.20. The van der Waals surface area contributed by atoms with Gasteiger partial charge in [0.15, 0.2) is 0 Å². The molecule has 230 valence electrons. The maximum absolute atomic E-state index is 6.52. The van der Waals surface area contributed by atoms with Crippen molar-refractivity contribution in [2.45, 2.75) is 19.3 Å². The Morgan fingerprint density at radius 1 is 0.542 bits per heavy atom. The van der Waals surface area contributed by atoms with Crippen LogP contribution in [0.5, 0.6) is 11.5 Å². The lowest BCUT2D eigenvalue weighted by atomic mass is 9.73. The van der Waals surface area contributed by atoms with Gasteiger partial charge in [-0.05, 0) is 90.0 Å². The van der Waals surface area contributed by atoms with Gasteiger partial charge in [0, 0.05) is 45.9 Å². The van der Waals surface area contributed by atoms with Crippen LogP contribution in [-0.2, 0) is 5.41 Å². The Bertz CT molecular complexity index is 2450. The van der Waals surface area contributed by atoms with Crippen molar-refractivity contribution < 1.29 is 4.74 Å². The second kappa shape index (κ2) is 11.0. The summed E-state index contributed by atoms with van der Waals surface area (Å²) in [5, 5.41) is 2.30. The van der Waals surface area contributed by atoms with Crippen LogP contribution in [-0.4, -0.2) is 14.5 Å². The first-order chi connectivity index (χ1) is 23.6. The molecule has 0 aliphatic carbocycles. The summed E-state index contributed by atoms with van der Waals surface area (Å²) in [4.78, 5) is 11.8. The van der Waals surface area contributed by atoms with E-state index in [1.54, 1.807) is 0 Å². The second-order valence-corrected chi connectivity index (χ2v) is 12.7. The lowest BCUT2D eigenvalue weighted by Gasteiger charge is -2.42. The van der Waals surface area contributed by atoms with Gasteiger partial charge in [-0.2, -0.15) is 0 Å². The SMILES string of the molecule is CC1(C)c2ccccc2N(c2ccccc2)c2cc3c4ccc(Oc5cccc(-c6ccccn6)c5)cc4n(-c4ccccn4)c3cc21. The number of hydrogen-bond acceptors (Lipinski definition) is 4. The molecule has 4 heterocycles. The summed E-state index contributed by atoms with van der Waals surface area (Å²) < 4.78 is 8.79. The zero-order valence-electron chi connectivity index (χ0n) is 26.7. The smallest absolute Gasteiger partial charge is 0.137 e. The third-order valence-corrected chi connectivity index (χ3v) is 9.51. The van der Waals surface area contributed by atoms with Crippen molar-refractivity contribution in [3.8, 4) is 28.6 Å². The monoisotopic (exact) mass is 620 g/mol. The van der Waals surface area contributed by atoms with Crippen LogP contribution >= 0.6 is 0 Å². The minimum atomic E-state index is -0.232. The van der Waals surface area contributed by atoms with E-state index in [1.165, 1.54) is 22.5 Å². The van der Waals surface area contributed by atoms with Crippen molar-refractivity contribution in [2.75, 3.05) is 4.90 Å². The van der Waals surface area contributed by atoms with Crippen LogP contribution in [0.25, 0.3) is 38.9 Å². The van der Waals surface area contributed by atoms with E-state index in [1.807, 2.05) is 60.9 Å². The van der Waals surface area contributed by atoms with Gasteiger partial charge >= 0.3 is 0 Å². The lowest BCUT2D eigenvalue weighted by Crippen LogP contribution is -2.30. The van der Waals surface area contributed by atoms with E-state index in [0.29, 0.717) is 0 Å². The third-order valence-electron chi connectivity index (χ3n) is 9.51. The van der Waals surface area contributed by atoms with Gasteiger partial charge in [0.1, 0.15) is 17.3 Å². The number of rotatable bonds is 5. The first-order valence-corrected chi connectivity index (χ1v) is 16.2. The number of hydrogen-bond donors (Lipinski definition) is 0. The Morgan fingerprint density at radius 3 is 2.10 bits per heavy atom. The average Bonchev–Trinajstić information content (AvgIpc) is 3.45. The molecule has 5 aromatic carbocycles. The lowest BCUT2D eigenvalue weighted by molar-refractivity contribution is 0.483. The summed E-state index contributed by atoms with van der Waals surface area (Å²) in [5.41, 5.74) is 9.92. The van der Waals surface area contributed by atoms with Crippen molar-refractivity contribution >= 4 is 38.9 Å². The number of pyridine rings is 2. The average molecular weight is 621 g/mol. The number of benzene rings is 5. The Morgan fingerprint density at radius 2 is 1.29 bits per heavy atom. The van der Waals surface area contributed by atoms with Crippen molar-refractivity contribution in [1.82, 2.24) is 14.5 Å². The number of para-hydroxylation sites is 2. The first-order valence-electron chi connectivity index (χ1n) is 16.2. The van der Waals surface area contributed by atoms with E-state index in [2.05, 4.69) is 125 Å². The predicted octanol–water partition coefficient (Wildman–Crippen LogP) is 11.1. The first kappa shape index (κ1) is 28.1. The number of aromatic nitrogens is 3. The summed E-state index contributed by atoms with van der Waals surface area (Å²) in [6, 6.07) is 50.6. The molecule has 5 heteroatoms. The quantitative estimate of drug-likeness (QED) is 0.192. The second-order valence-electron chi connectivity index (χ2n) is 12.7. The van der Waals surface area contributed by atoms with Crippen LogP contribution in [0.1, 0.15) is 25.0 Å².